The second kappa shape index (κ2) is 11.9. The highest BCUT2D eigenvalue weighted by molar-refractivity contribution is 14.0. The lowest BCUT2D eigenvalue weighted by molar-refractivity contribution is 0.171. The molecule has 1 fully saturated rings. The second-order valence-electron chi connectivity index (χ2n) is 6.53. The average molecular weight is 506 g/mol. The van der Waals surface area contributed by atoms with E-state index in [1.54, 1.807) is 0 Å². The Morgan fingerprint density at radius 1 is 1.19 bits per heavy atom. The van der Waals surface area contributed by atoms with Gasteiger partial charge in [0.05, 0.1) is 0 Å². The standard InChI is InChI=1S/C19H30N4O2S.HI/c1-3-20-19(21-7-4-12-26-2)23-10-8-22(9-11-23)14-16-5-6-17-18(13-16)25-15-24-17;/h5-6,13H,3-4,7-12,14-15H2,1-2H3,(H,20,21);1H. The Bertz CT molecular complexity index is 609. The molecule has 0 unspecified atom stereocenters. The van der Waals surface area contributed by atoms with Crippen LogP contribution < -0.4 is 14.8 Å². The van der Waals surface area contributed by atoms with Crippen molar-refractivity contribution in [1.29, 1.82) is 0 Å². The summed E-state index contributed by atoms with van der Waals surface area (Å²) in [5, 5.41) is 3.44. The summed E-state index contributed by atoms with van der Waals surface area (Å²) >= 11 is 1.88. The first kappa shape index (κ1) is 22.4. The molecule has 152 valence electrons. The monoisotopic (exact) mass is 506 g/mol. The number of thioether (sulfide) groups is 1. The van der Waals surface area contributed by atoms with Gasteiger partial charge in [-0.25, -0.2) is 0 Å². The Labute approximate surface area is 184 Å². The zero-order chi connectivity index (χ0) is 18.2. The minimum atomic E-state index is 0. The first-order valence-electron chi connectivity index (χ1n) is 9.43. The fourth-order valence-electron chi connectivity index (χ4n) is 3.23. The Morgan fingerprint density at radius 3 is 2.70 bits per heavy atom. The third-order valence-electron chi connectivity index (χ3n) is 4.62. The van der Waals surface area contributed by atoms with Crippen molar-refractivity contribution < 1.29 is 9.47 Å². The molecule has 0 radical (unpaired) electrons. The van der Waals surface area contributed by atoms with E-state index in [1.165, 1.54) is 11.3 Å². The number of hydrogen-bond donors (Lipinski definition) is 1. The molecule has 0 saturated carbocycles. The van der Waals surface area contributed by atoms with Gasteiger partial charge in [-0.3, -0.25) is 9.89 Å². The third-order valence-corrected chi connectivity index (χ3v) is 5.31. The van der Waals surface area contributed by atoms with E-state index in [9.17, 15) is 0 Å². The number of aliphatic imine (C=N–C) groups is 1. The normalized spacial score (nSPS) is 17.0. The van der Waals surface area contributed by atoms with Crippen molar-refractivity contribution in [3.63, 3.8) is 0 Å². The summed E-state index contributed by atoms with van der Waals surface area (Å²) < 4.78 is 10.9. The molecule has 0 bridgehead atoms. The summed E-state index contributed by atoms with van der Waals surface area (Å²) in [6.45, 7) is 9.35. The predicted molar refractivity (Wildman–Crippen MR) is 124 cm³/mol. The SMILES string of the molecule is CCNC(=NCCCSC)N1CCN(Cc2ccc3c(c2)OCO3)CC1.I. The maximum absolute atomic E-state index is 5.48. The first-order chi connectivity index (χ1) is 12.8. The van der Waals surface area contributed by atoms with Gasteiger partial charge in [0.2, 0.25) is 6.79 Å². The van der Waals surface area contributed by atoms with Gasteiger partial charge in [0.1, 0.15) is 0 Å². The lowest BCUT2D eigenvalue weighted by Crippen LogP contribution is -2.52. The molecule has 1 aromatic rings. The van der Waals surface area contributed by atoms with E-state index in [2.05, 4.69) is 40.4 Å². The highest BCUT2D eigenvalue weighted by Crippen LogP contribution is 2.32. The molecule has 27 heavy (non-hydrogen) atoms. The molecule has 2 heterocycles. The van der Waals surface area contributed by atoms with Crippen LogP contribution in [0, 0.1) is 0 Å². The summed E-state index contributed by atoms with van der Waals surface area (Å²) in [6, 6.07) is 6.25. The van der Waals surface area contributed by atoms with Crippen LogP contribution in [0.2, 0.25) is 0 Å². The van der Waals surface area contributed by atoms with E-state index in [1.807, 2.05) is 17.8 Å². The van der Waals surface area contributed by atoms with E-state index in [4.69, 9.17) is 14.5 Å². The molecule has 0 amide bonds. The number of ether oxygens (including phenoxy) is 2. The number of guanidine groups is 1. The number of fused-ring (bicyclic) bond motifs is 1. The lowest BCUT2D eigenvalue weighted by Gasteiger charge is -2.36. The van der Waals surface area contributed by atoms with Gasteiger partial charge < -0.3 is 19.7 Å². The van der Waals surface area contributed by atoms with Gasteiger partial charge in [0.25, 0.3) is 0 Å². The summed E-state index contributed by atoms with van der Waals surface area (Å²) in [4.78, 5) is 9.67. The number of nitrogens with zero attached hydrogens (tertiary/aromatic N) is 3. The van der Waals surface area contributed by atoms with Crippen molar-refractivity contribution >= 4 is 41.7 Å². The summed E-state index contributed by atoms with van der Waals surface area (Å²) in [5.74, 6) is 3.96. The number of benzene rings is 1. The molecule has 2 aliphatic rings. The zero-order valence-corrected chi connectivity index (χ0v) is 19.4. The quantitative estimate of drug-likeness (QED) is 0.266. The van der Waals surface area contributed by atoms with Gasteiger partial charge in [0, 0.05) is 45.8 Å². The summed E-state index contributed by atoms with van der Waals surface area (Å²) in [6.07, 6.45) is 3.29. The Morgan fingerprint density at radius 2 is 1.96 bits per heavy atom. The molecule has 3 rings (SSSR count). The number of piperazine rings is 1. The van der Waals surface area contributed by atoms with Crippen LogP contribution in [0.1, 0.15) is 18.9 Å². The Hall–Kier alpha value is -0.870. The molecule has 1 saturated heterocycles. The molecule has 0 spiro atoms. The Kier molecular flexibility index (Phi) is 9.84. The molecule has 1 aromatic carbocycles. The summed E-state index contributed by atoms with van der Waals surface area (Å²) in [7, 11) is 0. The van der Waals surface area contributed by atoms with E-state index >= 15 is 0 Å². The molecule has 8 heteroatoms. The van der Waals surface area contributed by atoms with Crippen LogP contribution in [0.15, 0.2) is 23.2 Å². The number of nitrogens with one attached hydrogen (secondary N) is 1. The molecule has 1 N–H and O–H groups in total. The van der Waals surface area contributed by atoms with Crippen LogP contribution in [0.25, 0.3) is 0 Å². The molecule has 0 aromatic heterocycles. The maximum Gasteiger partial charge on any atom is 0.231 e. The van der Waals surface area contributed by atoms with Crippen molar-refractivity contribution in [2.24, 2.45) is 4.99 Å². The van der Waals surface area contributed by atoms with Crippen molar-refractivity contribution in [2.75, 3.05) is 58.1 Å². The van der Waals surface area contributed by atoms with Crippen LogP contribution in [0.5, 0.6) is 11.5 Å². The fraction of sp³-hybridized carbons (Fsp3) is 0.632. The van der Waals surface area contributed by atoms with Gasteiger partial charge in [0.15, 0.2) is 17.5 Å². The first-order valence-corrected chi connectivity index (χ1v) is 10.8. The van der Waals surface area contributed by atoms with Crippen molar-refractivity contribution in [3.8, 4) is 11.5 Å². The van der Waals surface area contributed by atoms with Gasteiger partial charge in [-0.05, 0) is 43.0 Å². The fourth-order valence-corrected chi connectivity index (χ4v) is 3.65. The van der Waals surface area contributed by atoms with Gasteiger partial charge in [-0.2, -0.15) is 11.8 Å². The van der Waals surface area contributed by atoms with E-state index in [0.29, 0.717) is 6.79 Å². The zero-order valence-electron chi connectivity index (χ0n) is 16.3. The van der Waals surface area contributed by atoms with E-state index in [0.717, 1.165) is 69.7 Å². The van der Waals surface area contributed by atoms with Crippen molar-refractivity contribution in [2.45, 2.75) is 19.9 Å². The van der Waals surface area contributed by atoms with Crippen LogP contribution in [-0.4, -0.2) is 73.8 Å². The second-order valence-corrected chi connectivity index (χ2v) is 7.52. The molecular weight excluding hydrogens is 475 g/mol. The van der Waals surface area contributed by atoms with E-state index < -0.39 is 0 Å². The van der Waals surface area contributed by atoms with Crippen molar-refractivity contribution in [1.82, 2.24) is 15.1 Å². The topological polar surface area (TPSA) is 49.3 Å². The molecule has 0 atom stereocenters. The van der Waals surface area contributed by atoms with E-state index in [-0.39, 0.29) is 24.0 Å². The maximum atomic E-state index is 5.48. The highest BCUT2D eigenvalue weighted by atomic mass is 127. The molecule has 0 aliphatic carbocycles. The largest absolute Gasteiger partial charge is 0.454 e. The minimum Gasteiger partial charge on any atom is -0.454 e. The molecule has 6 nitrogen and oxygen atoms in total. The van der Waals surface area contributed by atoms with Crippen LogP contribution in [-0.2, 0) is 6.54 Å². The lowest BCUT2D eigenvalue weighted by atomic mass is 10.1. The predicted octanol–water partition coefficient (Wildman–Crippen LogP) is 2.87. The Balaban J connectivity index is 0.00000261. The van der Waals surface area contributed by atoms with Crippen LogP contribution in [0.4, 0.5) is 0 Å². The smallest absolute Gasteiger partial charge is 0.231 e. The number of rotatable bonds is 7. The molecular formula is C19H31IN4O2S. The van der Waals surface area contributed by atoms with Gasteiger partial charge >= 0.3 is 0 Å². The third kappa shape index (κ3) is 6.60. The van der Waals surface area contributed by atoms with Gasteiger partial charge in [-0.15, -0.1) is 24.0 Å². The van der Waals surface area contributed by atoms with Crippen molar-refractivity contribution in [3.05, 3.63) is 23.8 Å². The average Bonchev–Trinajstić information content (AvgIpc) is 3.13. The minimum absolute atomic E-state index is 0. The van der Waals surface area contributed by atoms with Crippen LogP contribution in [0.3, 0.4) is 0 Å². The molecule has 2 aliphatic heterocycles. The summed E-state index contributed by atoms with van der Waals surface area (Å²) in [5.41, 5.74) is 1.28. The van der Waals surface area contributed by atoms with Gasteiger partial charge in [-0.1, -0.05) is 6.07 Å². The highest BCUT2D eigenvalue weighted by Gasteiger charge is 2.20. The van der Waals surface area contributed by atoms with Crippen LogP contribution >= 0.6 is 35.7 Å². The number of hydrogen-bond acceptors (Lipinski definition) is 5. The number of halogens is 1.